The van der Waals surface area contributed by atoms with E-state index in [9.17, 15) is 14.9 Å². The van der Waals surface area contributed by atoms with Crippen molar-refractivity contribution < 1.29 is 14.3 Å². The first-order valence-electron chi connectivity index (χ1n) is 8.25. The maximum Gasteiger partial charge on any atom is 0.194 e. The Kier molecular flexibility index (Phi) is 5.74. The van der Waals surface area contributed by atoms with E-state index >= 15 is 0 Å². The predicted molar refractivity (Wildman–Crippen MR) is 102 cm³/mol. The molecule has 3 rings (SSSR count). The number of aryl methyl sites for hydroxylation is 1. The summed E-state index contributed by atoms with van der Waals surface area (Å²) in [5, 5.41) is 11.5. The summed E-state index contributed by atoms with van der Waals surface area (Å²) in [7, 11) is 0. The van der Waals surface area contributed by atoms with Crippen LogP contribution in [-0.2, 0) is 4.79 Å². The number of Topliss-reactive ketones (excluding diaryl/α,β-unsaturated/α-hetero) is 1. The third kappa shape index (κ3) is 4.46. The predicted octanol–water partition coefficient (Wildman–Crippen LogP) is 3.94. The maximum absolute atomic E-state index is 12.4. The van der Waals surface area contributed by atoms with Crippen molar-refractivity contribution in [3.63, 3.8) is 0 Å². The molecule has 3 aromatic rings. The molecule has 0 bridgehead atoms. The zero-order chi connectivity index (χ0) is 19.2. The molecule has 0 N–H and O–H groups in total. The molecule has 0 aliphatic heterocycles. The Morgan fingerprint density at radius 1 is 1.11 bits per heavy atom. The molecule has 5 nitrogen and oxygen atoms in total. The zero-order valence-electron chi connectivity index (χ0n) is 14.6. The number of hydrogen-bond acceptors (Lipinski definition) is 6. The highest BCUT2D eigenvalue weighted by Crippen LogP contribution is 2.21. The first-order valence-corrected chi connectivity index (χ1v) is 9.13. The number of carbonyl (C=O) groups is 2. The van der Waals surface area contributed by atoms with Gasteiger partial charge in [0.1, 0.15) is 17.4 Å². The third-order valence-corrected chi connectivity index (χ3v) is 4.90. The number of ether oxygens (including phenoxy) is 1. The molecule has 0 aliphatic rings. The smallest absolute Gasteiger partial charge is 0.194 e. The van der Waals surface area contributed by atoms with Crippen LogP contribution in [0.25, 0.3) is 0 Å². The summed E-state index contributed by atoms with van der Waals surface area (Å²) in [5.41, 5.74) is 1.92. The Morgan fingerprint density at radius 2 is 1.78 bits per heavy atom. The average molecular weight is 376 g/mol. The van der Waals surface area contributed by atoms with Gasteiger partial charge >= 0.3 is 0 Å². The molecule has 6 heteroatoms. The molecule has 134 valence electrons. The first-order chi connectivity index (χ1) is 13.1. The molecule has 27 heavy (non-hydrogen) atoms. The van der Waals surface area contributed by atoms with Crippen LogP contribution in [0.3, 0.4) is 0 Å². The highest BCUT2D eigenvalue weighted by atomic mass is 32.1. The molecule has 1 atom stereocenters. The van der Waals surface area contributed by atoms with Crippen molar-refractivity contribution in [3.05, 3.63) is 81.8 Å². The Bertz CT molecular complexity index is 988. The number of ketones is 2. The molecule has 0 radical (unpaired) electrons. The minimum Gasteiger partial charge on any atom is -0.486 e. The maximum atomic E-state index is 12.4. The lowest BCUT2D eigenvalue weighted by Gasteiger charge is -2.08. The van der Waals surface area contributed by atoms with E-state index in [-0.39, 0.29) is 18.2 Å². The van der Waals surface area contributed by atoms with Gasteiger partial charge in [-0.3, -0.25) is 9.59 Å². The van der Waals surface area contributed by atoms with E-state index in [0.717, 1.165) is 5.69 Å². The van der Waals surface area contributed by atoms with Crippen LogP contribution >= 0.6 is 11.3 Å². The van der Waals surface area contributed by atoms with E-state index in [2.05, 4.69) is 4.98 Å². The normalized spacial score (nSPS) is 11.4. The van der Waals surface area contributed by atoms with Crippen LogP contribution in [0.2, 0.25) is 0 Å². The molecule has 1 heterocycles. The van der Waals surface area contributed by atoms with Gasteiger partial charge < -0.3 is 4.74 Å². The number of hydrogen-bond donors (Lipinski definition) is 0. The minimum absolute atomic E-state index is 0.0816. The van der Waals surface area contributed by atoms with Crippen molar-refractivity contribution in [3.8, 4) is 11.8 Å². The molecule has 0 saturated carbocycles. The van der Waals surface area contributed by atoms with E-state index in [0.29, 0.717) is 21.9 Å². The summed E-state index contributed by atoms with van der Waals surface area (Å²) < 4.78 is 5.48. The second-order valence-electron chi connectivity index (χ2n) is 5.86. The number of benzene rings is 2. The Labute approximate surface area is 160 Å². The van der Waals surface area contributed by atoms with Crippen LogP contribution in [0.5, 0.6) is 5.75 Å². The van der Waals surface area contributed by atoms with Gasteiger partial charge in [0, 0.05) is 22.2 Å². The topological polar surface area (TPSA) is 80.0 Å². The SMILES string of the molecule is Cc1csc(C(C#N)C(=O)COc2ccc(C(=O)c3ccccc3)cc2)n1. The number of carbonyl (C=O) groups excluding carboxylic acids is 2. The quantitative estimate of drug-likeness (QED) is 0.584. The van der Waals surface area contributed by atoms with Crippen LogP contribution in [-0.4, -0.2) is 23.2 Å². The zero-order valence-corrected chi connectivity index (χ0v) is 15.4. The second kappa shape index (κ2) is 8.39. The lowest BCUT2D eigenvalue weighted by molar-refractivity contribution is -0.121. The fourth-order valence-electron chi connectivity index (χ4n) is 2.47. The van der Waals surface area contributed by atoms with E-state index in [1.54, 1.807) is 41.8 Å². The van der Waals surface area contributed by atoms with Crippen LogP contribution in [0.1, 0.15) is 32.5 Å². The number of nitrogens with zero attached hydrogens (tertiary/aromatic N) is 2. The molecule has 2 aromatic carbocycles. The summed E-state index contributed by atoms with van der Waals surface area (Å²) in [6.45, 7) is 1.58. The van der Waals surface area contributed by atoms with E-state index in [4.69, 9.17) is 4.74 Å². The van der Waals surface area contributed by atoms with Crippen LogP contribution < -0.4 is 4.74 Å². The molecular weight excluding hydrogens is 360 g/mol. The Hall–Kier alpha value is -3.30. The monoisotopic (exact) mass is 376 g/mol. The van der Waals surface area contributed by atoms with E-state index < -0.39 is 5.92 Å². The van der Waals surface area contributed by atoms with Gasteiger partial charge in [0.25, 0.3) is 0 Å². The molecule has 0 saturated heterocycles. The standard InChI is InChI=1S/C21H16N2O3S/c1-14-13-27-21(23-14)18(11-22)19(24)12-26-17-9-7-16(8-10-17)20(25)15-5-3-2-4-6-15/h2-10,13,18H,12H2,1H3. The molecule has 0 fully saturated rings. The minimum atomic E-state index is -0.928. The van der Waals surface area contributed by atoms with Gasteiger partial charge in [-0.25, -0.2) is 4.98 Å². The second-order valence-corrected chi connectivity index (χ2v) is 6.75. The summed E-state index contributed by atoms with van der Waals surface area (Å²) in [6.07, 6.45) is 0. The van der Waals surface area contributed by atoms with Crippen LogP contribution in [0.15, 0.2) is 60.0 Å². The molecular formula is C21H16N2O3S. The molecule has 0 spiro atoms. The largest absolute Gasteiger partial charge is 0.486 e. The Balaban J connectivity index is 1.62. The van der Waals surface area contributed by atoms with Gasteiger partial charge in [0.05, 0.1) is 6.07 Å². The van der Waals surface area contributed by atoms with Gasteiger partial charge in [0.15, 0.2) is 17.5 Å². The van der Waals surface area contributed by atoms with Crippen molar-refractivity contribution in [2.75, 3.05) is 6.61 Å². The fraction of sp³-hybridized carbons (Fsp3) is 0.143. The fourth-order valence-corrected chi connectivity index (χ4v) is 3.33. The van der Waals surface area contributed by atoms with Gasteiger partial charge in [-0.2, -0.15) is 5.26 Å². The average Bonchev–Trinajstić information content (AvgIpc) is 3.13. The van der Waals surface area contributed by atoms with Crippen molar-refractivity contribution >= 4 is 22.9 Å². The van der Waals surface area contributed by atoms with Gasteiger partial charge in [-0.15, -0.1) is 11.3 Å². The molecule has 1 aromatic heterocycles. The molecule has 0 aliphatic carbocycles. The lowest BCUT2D eigenvalue weighted by Crippen LogP contribution is -2.19. The van der Waals surface area contributed by atoms with Crippen molar-refractivity contribution in [1.82, 2.24) is 4.98 Å². The van der Waals surface area contributed by atoms with Crippen molar-refractivity contribution in [1.29, 1.82) is 5.26 Å². The van der Waals surface area contributed by atoms with Crippen molar-refractivity contribution in [2.24, 2.45) is 0 Å². The summed E-state index contributed by atoms with van der Waals surface area (Å²) in [6, 6.07) is 17.6. The van der Waals surface area contributed by atoms with Crippen LogP contribution in [0.4, 0.5) is 0 Å². The number of thiazole rings is 1. The van der Waals surface area contributed by atoms with Crippen molar-refractivity contribution in [2.45, 2.75) is 12.8 Å². The number of aromatic nitrogens is 1. The summed E-state index contributed by atoms with van der Waals surface area (Å²) in [5.74, 6) is -0.902. The van der Waals surface area contributed by atoms with Gasteiger partial charge in [-0.05, 0) is 31.2 Å². The molecule has 1 unspecified atom stereocenters. The Morgan fingerprint density at radius 3 is 2.37 bits per heavy atom. The highest BCUT2D eigenvalue weighted by Gasteiger charge is 2.23. The van der Waals surface area contributed by atoms with E-state index in [1.807, 2.05) is 31.2 Å². The molecule has 0 amide bonds. The lowest BCUT2D eigenvalue weighted by atomic mass is 10.0. The van der Waals surface area contributed by atoms with Gasteiger partial charge in [-0.1, -0.05) is 30.3 Å². The van der Waals surface area contributed by atoms with Gasteiger partial charge in [0.2, 0.25) is 0 Å². The highest BCUT2D eigenvalue weighted by molar-refractivity contribution is 7.09. The first kappa shape index (κ1) is 18.5. The number of nitriles is 1. The summed E-state index contributed by atoms with van der Waals surface area (Å²) in [4.78, 5) is 28.9. The third-order valence-electron chi connectivity index (χ3n) is 3.87. The van der Waals surface area contributed by atoms with Crippen LogP contribution in [0, 0.1) is 18.3 Å². The number of rotatable bonds is 7. The summed E-state index contributed by atoms with van der Waals surface area (Å²) >= 11 is 1.29. The van der Waals surface area contributed by atoms with E-state index in [1.165, 1.54) is 11.3 Å².